The Morgan fingerprint density at radius 3 is 2.68 bits per heavy atom. The lowest BCUT2D eigenvalue weighted by atomic mass is 10.2. The van der Waals surface area contributed by atoms with Crippen LogP contribution < -0.4 is 19.5 Å². The van der Waals surface area contributed by atoms with Gasteiger partial charge in [-0.25, -0.2) is 13.1 Å². The molecule has 1 aliphatic heterocycles. The van der Waals surface area contributed by atoms with E-state index in [-0.39, 0.29) is 22.6 Å². The Kier molecular flexibility index (Phi) is 6.17. The lowest BCUT2D eigenvalue weighted by molar-refractivity contribution is -0.116. The summed E-state index contributed by atoms with van der Waals surface area (Å²) < 4.78 is 38.6. The van der Waals surface area contributed by atoms with Crippen molar-refractivity contribution >= 4 is 33.4 Å². The predicted molar refractivity (Wildman–Crippen MR) is 109 cm³/mol. The molecule has 0 saturated carbocycles. The van der Waals surface area contributed by atoms with Crippen LogP contribution in [0.5, 0.6) is 11.5 Å². The largest absolute Gasteiger partial charge is 0.497 e. The fraction of sp³-hybridized carbons (Fsp3) is 0.316. The third kappa shape index (κ3) is 4.60. The fourth-order valence-corrected chi connectivity index (χ4v) is 4.96. The van der Waals surface area contributed by atoms with Crippen molar-refractivity contribution in [2.75, 3.05) is 19.5 Å². The van der Waals surface area contributed by atoms with Crippen molar-refractivity contribution in [1.82, 2.24) is 4.72 Å². The summed E-state index contributed by atoms with van der Waals surface area (Å²) in [5, 5.41) is 2.91. The number of amides is 1. The molecule has 9 heteroatoms. The first-order valence-corrected chi connectivity index (χ1v) is 11.0. The topological polar surface area (TPSA) is 93.7 Å². The fourth-order valence-electron chi connectivity index (χ4n) is 2.87. The van der Waals surface area contributed by atoms with Crippen LogP contribution in [-0.4, -0.2) is 33.8 Å². The maximum Gasteiger partial charge on any atom is 0.240 e. The highest BCUT2D eigenvalue weighted by Gasteiger charge is 2.22. The van der Waals surface area contributed by atoms with Crippen molar-refractivity contribution in [3.05, 3.63) is 42.0 Å². The smallest absolute Gasteiger partial charge is 0.240 e. The van der Waals surface area contributed by atoms with E-state index in [9.17, 15) is 13.2 Å². The first-order chi connectivity index (χ1) is 13.3. The molecular weight excluding hydrogens is 400 g/mol. The molecule has 1 amide bonds. The maximum absolute atomic E-state index is 12.8. The number of rotatable bonds is 6. The third-order valence-corrected chi connectivity index (χ3v) is 6.85. The van der Waals surface area contributed by atoms with Gasteiger partial charge in [0.05, 0.1) is 24.8 Å². The molecule has 7 nitrogen and oxygen atoms in total. The number of sulfonamides is 1. The molecule has 0 bridgehead atoms. The van der Waals surface area contributed by atoms with Gasteiger partial charge >= 0.3 is 0 Å². The number of fused-ring (bicyclic) bond motifs is 1. The highest BCUT2D eigenvalue weighted by Crippen LogP contribution is 2.36. The van der Waals surface area contributed by atoms with Crippen LogP contribution in [0.1, 0.15) is 18.9 Å². The highest BCUT2D eigenvalue weighted by atomic mass is 32.2. The molecule has 2 aromatic carbocycles. The zero-order valence-electron chi connectivity index (χ0n) is 15.8. The van der Waals surface area contributed by atoms with E-state index in [0.717, 1.165) is 4.90 Å². The van der Waals surface area contributed by atoms with E-state index in [4.69, 9.17) is 9.47 Å². The van der Waals surface area contributed by atoms with Gasteiger partial charge in [0.1, 0.15) is 11.5 Å². The monoisotopic (exact) mass is 422 g/mol. The van der Waals surface area contributed by atoms with E-state index in [1.54, 1.807) is 49.2 Å². The number of hydrogen-bond acceptors (Lipinski definition) is 6. The number of ether oxygens (including phenoxy) is 2. The van der Waals surface area contributed by atoms with Crippen molar-refractivity contribution < 1.29 is 22.7 Å². The molecule has 2 aromatic rings. The molecule has 0 fully saturated rings. The van der Waals surface area contributed by atoms with Crippen molar-refractivity contribution in [3.8, 4) is 11.5 Å². The molecule has 1 atom stereocenters. The molecule has 0 radical (unpaired) electrons. The normalized spacial score (nSPS) is 16.7. The van der Waals surface area contributed by atoms with E-state index >= 15 is 0 Å². The van der Waals surface area contributed by atoms with Crippen LogP contribution in [0.2, 0.25) is 0 Å². The van der Waals surface area contributed by atoms with Crippen LogP contribution in [0.25, 0.3) is 0 Å². The van der Waals surface area contributed by atoms with Crippen molar-refractivity contribution in [2.24, 2.45) is 0 Å². The van der Waals surface area contributed by atoms with Gasteiger partial charge < -0.3 is 14.8 Å². The Bertz CT molecular complexity index is 992. The molecule has 0 aliphatic carbocycles. The zero-order chi connectivity index (χ0) is 20.3. The summed E-state index contributed by atoms with van der Waals surface area (Å²) in [5.74, 6) is 1.04. The number of anilines is 1. The van der Waals surface area contributed by atoms with Gasteiger partial charge in [0.2, 0.25) is 15.9 Å². The lowest BCUT2D eigenvalue weighted by Gasteiger charge is -2.13. The van der Waals surface area contributed by atoms with Crippen LogP contribution in [0.4, 0.5) is 5.69 Å². The number of thioether (sulfide) groups is 1. The Morgan fingerprint density at radius 1 is 1.18 bits per heavy atom. The minimum absolute atomic E-state index is 0.0396. The van der Waals surface area contributed by atoms with Crippen LogP contribution in [0.3, 0.4) is 0 Å². The Morgan fingerprint density at radius 2 is 1.96 bits per heavy atom. The second-order valence-electron chi connectivity index (χ2n) is 6.34. The molecular formula is C19H22N2O5S2. The first-order valence-electron chi connectivity index (χ1n) is 8.63. The van der Waals surface area contributed by atoms with Gasteiger partial charge in [0, 0.05) is 28.7 Å². The third-order valence-electron chi connectivity index (χ3n) is 4.28. The molecule has 1 aliphatic rings. The number of carbonyl (C=O) groups excluding carboxylic acids is 1. The quantitative estimate of drug-likeness (QED) is 0.743. The van der Waals surface area contributed by atoms with Crippen LogP contribution in [0, 0.1) is 0 Å². The van der Waals surface area contributed by atoms with Gasteiger partial charge in [-0.1, -0.05) is 6.92 Å². The summed E-state index contributed by atoms with van der Waals surface area (Å²) in [6.45, 7) is 2.00. The summed E-state index contributed by atoms with van der Waals surface area (Å²) in [5.41, 5.74) is 1.17. The van der Waals surface area contributed by atoms with E-state index in [2.05, 4.69) is 10.0 Å². The average molecular weight is 423 g/mol. The molecule has 28 heavy (non-hydrogen) atoms. The standard InChI is InChI=1S/C19H22N2O5S2/c1-12-8-19(22)21-16-10-15(5-7-18(16)27-12)28(23,24)20-11-13-9-14(25-2)4-6-17(13)26-3/h4-7,9-10,12,20H,8,11H2,1-3H3,(H,21,22)/t12-/m1/s1. The number of carbonyl (C=O) groups is 1. The van der Waals surface area contributed by atoms with Crippen LogP contribution in [-0.2, 0) is 21.4 Å². The van der Waals surface area contributed by atoms with E-state index in [1.165, 1.54) is 13.2 Å². The van der Waals surface area contributed by atoms with E-state index < -0.39 is 10.0 Å². The van der Waals surface area contributed by atoms with Crippen molar-refractivity contribution in [3.63, 3.8) is 0 Å². The molecule has 1 heterocycles. The lowest BCUT2D eigenvalue weighted by Crippen LogP contribution is -2.23. The second-order valence-corrected chi connectivity index (χ2v) is 9.59. The highest BCUT2D eigenvalue weighted by molar-refractivity contribution is 8.00. The van der Waals surface area contributed by atoms with Gasteiger partial charge in [-0.3, -0.25) is 4.79 Å². The molecule has 3 rings (SSSR count). The summed E-state index contributed by atoms with van der Waals surface area (Å²) in [4.78, 5) is 12.9. The van der Waals surface area contributed by atoms with Crippen LogP contribution >= 0.6 is 11.8 Å². The average Bonchev–Trinajstić information content (AvgIpc) is 2.81. The maximum atomic E-state index is 12.8. The van der Waals surface area contributed by atoms with Gasteiger partial charge in [0.15, 0.2) is 0 Å². The molecule has 0 aromatic heterocycles. The molecule has 2 N–H and O–H groups in total. The van der Waals surface area contributed by atoms with Crippen LogP contribution in [0.15, 0.2) is 46.2 Å². The summed E-state index contributed by atoms with van der Waals surface area (Å²) in [7, 11) is -0.725. The van der Waals surface area contributed by atoms with Gasteiger partial charge in [-0.2, -0.15) is 0 Å². The van der Waals surface area contributed by atoms with Gasteiger partial charge in [-0.15, -0.1) is 11.8 Å². The molecule has 0 saturated heterocycles. The molecule has 150 valence electrons. The van der Waals surface area contributed by atoms with Crippen molar-refractivity contribution in [1.29, 1.82) is 0 Å². The summed E-state index contributed by atoms with van der Waals surface area (Å²) in [6, 6.07) is 9.94. The number of benzene rings is 2. The number of nitrogens with one attached hydrogen (secondary N) is 2. The Hall–Kier alpha value is -2.23. The Balaban J connectivity index is 1.83. The molecule has 0 unspecified atom stereocenters. The number of methoxy groups -OCH3 is 2. The van der Waals surface area contributed by atoms with E-state index in [1.807, 2.05) is 6.92 Å². The Labute approximate surface area is 168 Å². The van der Waals surface area contributed by atoms with Crippen molar-refractivity contribution in [2.45, 2.75) is 34.9 Å². The minimum Gasteiger partial charge on any atom is -0.497 e. The minimum atomic E-state index is -3.79. The molecule has 0 spiro atoms. The zero-order valence-corrected chi connectivity index (χ0v) is 17.4. The number of hydrogen-bond donors (Lipinski definition) is 2. The summed E-state index contributed by atoms with van der Waals surface area (Å²) in [6.07, 6.45) is 0.384. The predicted octanol–water partition coefficient (Wildman–Crippen LogP) is 3.01. The first kappa shape index (κ1) is 20.5. The van der Waals surface area contributed by atoms with E-state index in [0.29, 0.717) is 29.2 Å². The second kappa shape index (κ2) is 8.42. The van der Waals surface area contributed by atoms with Gasteiger partial charge in [0.25, 0.3) is 0 Å². The summed E-state index contributed by atoms with van der Waals surface area (Å²) >= 11 is 1.55. The SMILES string of the molecule is COc1ccc(OC)c(CNS(=O)(=O)c2ccc3c(c2)NC(=O)C[C@@H](C)S3)c1. The van der Waals surface area contributed by atoms with Gasteiger partial charge in [-0.05, 0) is 36.4 Å².